The Balaban J connectivity index is 2.10. The Bertz CT molecular complexity index is 628. The average Bonchev–Trinajstić information content (AvgIpc) is 2.88. The summed E-state index contributed by atoms with van der Waals surface area (Å²) in [5.41, 5.74) is 2.49. The van der Waals surface area contributed by atoms with Crippen LogP contribution in [-0.2, 0) is 5.75 Å². The zero-order valence-electron chi connectivity index (χ0n) is 12.0. The number of nitro benzene ring substituents is 1. The molecule has 2 aromatic rings. The summed E-state index contributed by atoms with van der Waals surface area (Å²) in [4.78, 5) is 14.9. The van der Waals surface area contributed by atoms with Crippen LogP contribution in [0.4, 0.5) is 11.4 Å². The van der Waals surface area contributed by atoms with E-state index in [4.69, 9.17) is 4.42 Å². The van der Waals surface area contributed by atoms with E-state index in [1.165, 1.54) is 17.8 Å². The van der Waals surface area contributed by atoms with Crippen LogP contribution in [0.15, 0.2) is 34.1 Å². The number of benzene rings is 1. The molecule has 0 saturated carbocycles. The Labute approximate surface area is 127 Å². The molecule has 0 bridgehead atoms. The monoisotopic (exact) mass is 307 g/mol. The van der Waals surface area contributed by atoms with E-state index in [1.54, 1.807) is 12.3 Å². The van der Waals surface area contributed by atoms with Crippen molar-refractivity contribution in [1.82, 2.24) is 4.98 Å². The van der Waals surface area contributed by atoms with E-state index in [0.29, 0.717) is 23.2 Å². The molecule has 0 aliphatic carbocycles. The van der Waals surface area contributed by atoms with Crippen molar-refractivity contribution in [3.05, 3.63) is 45.8 Å². The van der Waals surface area contributed by atoms with Crippen molar-refractivity contribution in [2.45, 2.75) is 31.2 Å². The van der Waals surface area contributed by atoms with Crippen LogP contribution >= 0.6 is 11.8 Å². The largest absolute Gasteiger partial charge is 0.440 e. The third-order valence-electron chi connectivity index (χ3n) is 2.78. The van der Waals surface area contributed by atoms with E-state index in [2.05, 4.69) is 10.3 Å². The highest BCUT2D eigenvalue weighted by molar-refractivity contribution is 7.98. The summed E-state index contributed by atoms with van der Waals surface area (Å²) >= 11 is 1.47. The van der Waals surface area contributed by atoms with E-state index >= 15 is 0 Å². The number of rotatable bonds is 7. The van der Waals surface area contributed by atoms with E-state index < -0.39 is 0 Å². The van der Waals surface area contributed by atoms with Gasteiger partial charge in [-0.2, -0.15) is 0 Å². The normalized spacial score (nSPS) is 10.6. The van der Waals surface area contributed by atoms with Gasteiger partial charge in [-0.25, -0.2) is 4.98 Å². The van der Waals surface area contributed by atoms with Crippen molar-refractivity contribution in [2.24, 2.45) is 0 Å². The molecule has 6 nitrogen and oxygen atoms in total. The van der Waals surface area contributed by atoms with Gasteiger partial charge in [0.2, 0.25) is 0 Å². The van der Waals surface area contributed by atoms with Crippen molar-refractivity contribution >= 4 is 23.1 Å². The first-order valence-electron chi connectivity index (χ1n) is 6.66. The van der Waals surface area contributed by atoms with Crippen LogP contribution in [0.2, 0.25) is 0 Å². The third kappa shape index (κ3) is 4.22. The van der Waals surface area contributed by atoms with Gasteiger partial charge in [0.1, 0.15) is 12.0 Å². The van der Waals surface area contributed by atoms with E-state index in [9.17, 15) is 10.1 Å². The van der Waals surface area contributed by atoms with Crippen LogP contribution in [0.5, 0.6) is 0 Å². The molecule has 0 spiro atoms. The van der Waals surface area contributed by atoms with E-state index in [-0.39, 0.29) is 10.6 Å². The summed E-state index contributed by atoms with van der Waals surface area (Å²) in [7, 11) is 0. The average molecular weight is 307 g/mol. The predicted molar refractivity (Wildman–Crippen MR) is 82.7 cm³/mol. The molecule has 0 aliphatic rings. The molecular formula is C14H17N3O3S. The van der Waals surface area contributed by atoms with Crippen LogP contribution in [-0.4, -0.2) is 16.5 Å². The lowest BCUT2D eigenvalue weighted by Gasteiger charge is -2.07. The zero-order valence-corrected chi connectivity index (χ0v) is 12.8. The number of thioether (sulfide) groups is 1. The van der Waals surface area contributed by atoms with Gasteiger partial charge in [0.25, 0.3) is 10.9 Å². The predicted octanol–water partition coefficient (Wildman–Crippen LogP) is 4.01. The highest BCUT2D eigenvalue weighted by Crippen LogP contribution is 2.29. The molecular weight excluding hydrogens is 290 g/mol. The van der Waals surface area contributed by atoms with Crippen LogP contribution in [0.1, 0.15) is 24.6 Å². The van der Waals surface area contributed by atoms with Gasteiger partial charge in [-0.3, -0.25) is 10.1 Å². The van der Waals surface area contributed by atoms with Crippen LogP contribution in [0, 0.1) is 17.0 Å². The second kappa shape index (κ2) is 7.12. The first-order valence-corrected chi connectivity index (χ1v) is 7.65. The van der Waals surface area contributed by atoms with Gasteiger partial charge < -0.3 is 9.73 Å². The highest BCUT2D eigenvalue weighted by Gasteiger charge is 2.14. The van der Waals surface area contributed by atoms with Gasteiger partial charge in [-0.15, -0.1) is 0 Å². The van der Waals surface area contributed by atoms with Crippen molar-refractivity contribution < 1.29 is 9.34 Å². The first-order chi connectivity index (χ1) is 10.1. The molecule has 1 heterocycles. The van der Waals surface area contributed by atoms with Crippen molar-refractivity contribution in [3.63, 3.8) is 0 Å². The van der Waals surface area contributed by atoms with Crippen LogP contribution < -0.4 is 5.32 Å². The lowest BCUT2D eigenvalue weighted by Crippen LogP contribution is -2.03. The second-order valence-corrected chi connectivity index (χ2v) is 5.51. The molecule has 1 aromatic heterocycles. The summed E-state index contributed by atoms with van der Waals surface area (Å²) in [6.07, 6.45) is 2.51. The minimum absolute atomic E-state index is 0.101. The van der Waals surface area contributed by atoms with Gasteiger partial charge in [0, 0.05) is 18.4 Å². The summed E-state index contributed by atoms with van der Waals surface area (Å²) < 4.78 is 5.27. The first kappa shape index (κ1) is 15.4. The number of hydrogen-bond donors (Lipinski definition) is 1. The van der Waals surface area contributed by atoms with Crippen LogP contribution in [0.25, 0.3) is 0 Å². The fourth-order valence-electron chi connectivity index (χ4n) is 1.78. The lowest BCUT2D eigenvalue weighted by molar-refractivity contribution is -0.384. The van der Waals surface area contributed by atoms with Crippen molar-refractivity contribution in [3.8, 4) is 0 Å². The zero-order chi connectivity index (χ0) is 15.2. The summed E-state index contributed by atoms with van der Waals surface area (Å²) in [6, 6.07) is 5.11. The molecule has 0 amide bonds. The van der Waals surface area contributed by atoms with Crippen molar-refractivity contribution in [2.75, 3.05) is 11.9 Å². The van der Waals surface area contributed by atoms with Gasteiger partial charge in [0.15, 0.2) is 0 Å². The SMILES string of the molecule is CCCNc1cc(CSc2nc(C)co2)ccc1[N+](=O)[O-]. The topological polar surface area (TPSA) is 81.2 Å². The minimum Gasteiger partial charge on any atom is -0.440 e. The van der Waals surface area contributed by atoms with Gasteiger partial charge in [-0.05, 0) is 25.0 Å². The van der Waals surface area contributed by atoms with E-state index in [1.807, 2.05) is 19.9 Å². The Morgan fingerprint density at radius 3 is 2.90 bits per heavy atom. The number of nitrogens with one attached hydrogen (secondary N) is 1. The molecule has 0 fully saturated rings. The number of aromatic nitrogens is 1. The van der Waals surface area contributed by atoms with E-state index in [0.717, 1.165) is 17.7 Å². The maximum atomic E-state index is 11.0. The second-order valence-electron chi connectivity index (χ2n) is 4.58. The minimum atomic E-state index is -0.369. The van der Waals surface area contributed by atoms with Crippen molar-refractivity contribution in [1.29, 1.82) is 0 Å². The Kier molecular flexibility index (Phi) is 5.21. The van der Waals surface area contributed by atoms with Gasteiger partial charge in [-0.1, -0.05) is 24.8 Å². The molecule has 1 N–H and O–H groups in total. The molecule has 0 saturated heterocycles. The lowest BCUT2D eigenvalue weighted by atomic mass is 10.2. The highest BCUT2D eigenvalue weighted by atomic mass is 32.2. The molecule has 2 rings (SSSR count). The Morgan fingerprint density at radius 1 is 1.48 bits per heavy atom. The molecule has 0 unspecified atom stereocenters. The van der Waals surface area contributed by atoms with Gasteiger partial charge >= 0.3 is 0 Å². The smallest absolute Gasteiger partial charge is 0.292 e. The quantitative estimate of drug-likeness (QED) is 0.473. The molecule has 0 aliphatic heterocycles. The number of oxazole rings is 1. The Morgan fingerprint density at radius 2 is 2.29 bits per heavy atom. The maximum absolute atomic E-state index is 11.0. The standard InChI is InChI=1S/C14H17N3O3S/c1-3-6-15-12-7-11(4-5-13(12)17(18)19)9-21-14-16-10(2)8-20-14/h4-5,7-8,15H,3,6,9H2,1-2H3. The molecule has 112 valence electrons. The number of hydrogen-bond acceptors (Lipinski definition) is 6. The summed E-state index contributed by atoms with van der Waals surface area (Å²) in [5, 5.41) is 14.7. The molecule has 1 aromatic carbocycles. The number of nitro groups is 1. The number of aryl methyl sites for hydroxylation is 1. The fourth-order valence-corrected chi connectivity index (χ4v) is 2.57. The number of nitrogens with zero attached hydrogens (tertiary/aromatic N) is 2. The third-order valence-corrected chi connectivity index (χ3v) is 3.70. The fraction of sp³-hybridized carbons (Fsp3) is 0.357. The number of anilines is 1. The maximum Gasteiger partial charge on any atom is 0.292 e. The van der Waals surface area contributed by atoms with Crippen LogP contribution in [0.3, 0.4) is 0 Å². The summed E-state index contributed by atoms with van der Waals surface area (Å²) in [6.45, 7) is 4.59. The molecule has 21 heavy (non-hydrogen) atoms. The Hall–Kier alpha value is -2.02. The molecule has 7 heteroatoms. The molecule has 0 radical (unpaired) electrons. The summed E-state index contributed by atoms with van der Waals surface area (Å²) in [5.74, 6) is 0.652. The van der Waals surface area contributed by atoms with Gasteiger partial charge in [0.05, 0.1) is 10.6 Å². The molecule has 0 atom stereocenters.